The van der Waals surface area contributed by atoms with Gasteiger partial charge >= 0.3 is 0 Å². The standard InChI is InChI=1S/C22H31N3OS.HI/c1-4-23-22(25-19(3)18(2)21-13-9-6-10-14-21)24-15-16-27(26)17-20-11-7-5-8-12-20;/h5-14,18-19H,4,15-17H2,1-3H3,(H2,23,24,25);1H. The lowest BCUT2D eigenvalue weighted by atomic mass is 9.94. The van der Waals surface area contributed by atoms with Gasteiger partial charge in [0.2, 0.25) is 0 Å². The summed E-state index contributed by atoms with van der Waals surface area (Å²) in [6.07, 6.45) is 0. The number of hydrogen-bond donors (Lipinski definition) is 2. The fourth-order valence-electron chi connectivity index (χ4n) is 2.80. The molecule has 0 bridgehead atoms. The molecule has 0 amide bonds. The van der Waals surface area contributed by atoms with E-state index < -0.39 is 10.8 Å². The predicted octanol–water partition coefficient (Wildman–Crippen LogP) is 4.30. The van der Waals surface area contributed by atoms with E-state index in [0.29, 0.717) is 24.0 Å². The Kier molecular flexibility index (Phi) is 12.1. The minimum atomic E-state index is -0.905. The molecule has 0 aliphatic carbocycles. The summed E-state index contributed by atoms with van der Waals surface area (Å²) in [5, 5.41) is 6.76. The van der Waals surface area contributed by atoms with Crippen LogP contribution in [0.4, 0.5) is 0 Å². The molecule has 28 heavy (non-hydrogen) atoms. The van der Waals surface area contributed by atoms with Gasteiger partial charge in [-0.1, -0.05) is 67.6 Å². The van der Waals surface area contributed by atoms with E-state index in [9.17, 15) is 4.21 Å². The molecule has 0 saturated carbocycles. The third-order valence-corrected chi connectivity index (χ3v) is 5.84. The van der Waals surface area contributed by atoms with Crippen LogP contribution in [0, 0.1) is 0 Å². The molecule has 4 nitrogen and oxygen atoms in total. The minimum absolute atomic E-state index is 0. The maximum absolute atomic E-state index is 12.3. The molecule has 0 saturated heterocycles. The Hall–Kier alpha value is -1.41. The SMILES string of the molecule is CCNC(=NCCS(=O)Cc1ccccc1)NC(C)C(C)c1ccccc1.I. The Bertz CT molecular complexity index is 725. The highest BCUT2D eigenvalue weighted by molar-refractivity contribution is 14.0. The van der Waals surface area contributed by atoms with Crippen LogP contribution >= 0.6 is 24.0 Å². The maximum atomic E-state index is 12.3. The van der Waals surface area contributed by atoms with Gasteiger partial charge in [0.25, 0.3) is 0 Å². The second kappa shape index (κ2) is 13.7. The highest BCUT2D eigenvalue weighted by Crippen LogP contribution is 2.18. The van der Waals surface area contributed by atoms with Crippen LogP contribution in [0.1, 0.15) is 37.8 Å². The molecule has 6 heteroatoms. The Morgan fingerprint density at radius 2 is 1.64 bits per heavy atom. The molecule has 2 N–H and O–H groups in total. The van der Waals surface area contributed by atoms with Crippen LogP contribution in [-0.4, -0.2) is 35.1 Å². The van der Waals surface area contributed by atoms with Gasteiger partial charge in [-0.25, -0.2) is 0 Å². The van der Waals surface area contributed by atoms with Crippen LogP contribution < -0.4 is 10.6 Å². The van der Waals surface area contributed by atoms with E-state index in [1.54, 1.807) is 0 Å². The second-order valence-electron chi connectivity index (χ2n) is 6.67. The lowest BCUT2D eigenvalue weighted by molar-refractivity contribution is 0.550. The number of halogens is 1. The van der Waals surface area contributed by atoms with Gasteiger partial charge in [-0.15, -0.1) is 24.0 Å². The summed E-state index contributed by atoms with van der Waals surface area (Å²) in [5.74, 6) is 2.29. The molecule has 2 rings (SSSR count). The molecule has 3 atom stereocenters. The van der Waals surface area contributed by atoms with Gasteiger partial charge in [-0.05, 0) is 25.0 Å². The first kappa shape index (κ1) is 24.6. The lowest BCUT2D eigenvalue weighted by Crippen LogP contribution is -2.44. The predicted molar refractivity (Wildman–Crippen MR) is 132 cm³/mol. The van der Waals surface area contributed by atoms with Crippen molar-refractivity contribution in [3.8, 4) is 0 Å². The van der Waals surface area contributed by atoms with Crippen molar-refractivity contribution in [3.05, 3.63) is 71.8 Å². The number of nitrogens with zero attached hydrogens (tertiary/aromatic N) is 1. The first-order valence-corrected chi connectivity index (χ1v) is 11.1. The highest BCUT2D eigenvalue weighted by Gasteiger charge is 2.15. The number of nitrogens with one attached hydrogen (secondary N) is 2. The molecular weight excluding hydrogens is 481 g/mol. The molecular formula is C22H32IN3OS. The van der Waals surface area contributed by atoms with Gasteiger partial charge in [0.15, 0.2) is 5.96 Å². The fourth-order valence-corrected chi connectivity index (χ4v) is 3.80. The lowest BCUT2D eigenvalue weighted by Gasteiger charge is -2.24. The van der Waals surface area contributed by atoms with Gasteiger partial charge in [0, 0.05) is 40.8 Å². The molecule has 0 aliphatic heterocycles. The monoisotopic (exact) mass is 513 g/mol. The van der Waals surface area contributed by atoms with Crippen LogP contribution in [0.3, 0.4) is 0 Å². The fraction of sp³-hybridized carbons (Fsp3) is 0.409. The smallest absolute Gasteiger partial charge is 0.191 e. The van der Waals surface area contributed by atoms with Gasteiger partial charge in [0.1, 0.15) is 0 Å². The summed E-state index contributed by atoms with van der Waals surface area (Å²) in [5.41, 5.74) is 2.41. The molecule has 0 spiro atoms. The Balaban J connectivity index is 0.00000392. The Morgan fingerprint density at radius 3 is 2.25 bits per heavy atom. The summed E-state index contributed by atoms with van der Waals surface area (Å²) in [6, 6.07) is 20.7. The highest BCUT2D eigenvalue weighted by atomic mass is 127. The molecule has 0 aliphatic rings. The molecule has 0 heterocycles. The molecule has 154 valence electrons. The zero-order valence-corrected chi connectivity index (χ0v) is 20.1. The first-order valence-electron chi connectivity index (χ1n) is 9.58. The normalized spacial score (nSPS) is 14.5. The third-order valence-electron chi connectivity index (χ3n) is 4.54. The topological polar surface area (TPSA) is 53.5 Å². The molecule has 0 radical (unpaired) electrons. The molecule has 3 unspecified atom stereocenters. The summed E-state index contributed by atoms with van der Waals surface area (Å²) >= 11 is 0. The number of hydrogen-bond acceptors (Lipinski definition) is 2. The molecule has 2 aromatic rings. The molecule has 0 fully saturated rings. The van der Waals surface area contributed by atoms with Crippen molar-refractivity contribution >= 4 is 40.7 Å². The summed E-state index contributed by atoms with van der Waals surface area (Å²) in [7, 11) is -0.905. The van der Waals surface area contributed by atoms with E-state index >= 15 is 0 Å². The van der Waals surface area contributed by atoms with Gasteiger partial charge in [-0.2, -0.15) is 0 Å². The second-order valence-corrected chi connectivity index (χ2v) is 8.24. The largest absolute Gasteiger partial charge is 0.357 e. The van der Waals surface area contributed by atoms with E-state index in [-0.39, 0.29) is 30.0 Å². The summed E-state index contributed by atoms with van der Waals surface area (Å²) < 4.78 is 12.3. The number of benzene rings is 2. The number of guanidine groups is 1. The van der Waals surface area contributed by atoms with Crippen molar-refractivity contribution in [2.24, 2.45) is 4.99 Å². The van der Waals surface area contributed by atoms with Crippen LogP contribution in [0.2, 0.25) is 0 Å². The van der Waals surface area contributed by atoms with E-state index in [2.05, 4.69) is 60.7 Å². The van der Waals surface area contributed by atoms with Crippen LogP contribution in [0.25, 0.3) is 0 Å². The van der Waals surface area contributed by atoms with Crippen LogP contribution in [-0.2, 0) is 16.6 Å². The van der Waals surface area contributed by atoms with Crippen LogP contribution in [0.15, 0.2) is 65.7 Å². The summed E-state index contributed by atoms with van der Waals surface area (Å²) in [4.78, 5) is 4.61. The van der Waals surface area contributed by atoms with Crippen molar-refractivity contribution in [1.82, 2.24) is 10.6 Å². The maximum Gasteiger partial charge on any atom is 0.191 e. The quantitative estimate of drug-likeness (QED) is 0.299. The van der Waals surface area contributed by atoms with Crippen molar-refractivity contribution < 1.29 is 4.21 Å². The number of aliphatic imine (C=N–C) groups is 1. The van der Waals surface area contributed by atoms with Crippen molar-refractivity contribution in [2.75, 3.05) is 18.8 Å². The number of rotatable bonds is 9. The zero-order chi connectivity index (χ0) is 19.5. The van der Waals surface area contributed by atoms with E-state index in [0.717, 1.165) is 18.1 Å². The first-order chi connectivity index (χ1) is 13.1. The molecule has 0 aromatic heterocycles. The van der Waals surface area contributed by atoms with E-state index in [1.165, 1.54) is 5.56 Å². The summed E-state index contributed by atoms with van der Waals surface area (Å²) in [6.45, 7) is 7.77. The third kappa shape index (κ3) is 8.73. The average Bonchev–Trinajstić information content (AvgIpc) is 2.69. The van der Waals surface area contributed by atoms with Crippen molar-refractivity contribution in [2.45, 2.75) is 38.5 Å². The van der Waals surface area contributed by atoms with Crippen molar-refractivity contribution in [1.29, 1.82) is 0 Å². The zero-order valence-electron chi connectivity index (χ0n) is 16.9. The molecule has 2 aromatic carbocycles. The van der Waals surface area contributed by atoms with Gasteiger partial charge in [0.05, 0.1) is 6.54 Å². The van der Waals surface area contributed by atoms with Crippen LogP contribution in [0.5, 0.6) is 0 Å². The average molecular weight is 513 g/mol. The van der Waals surface area contributed by atoms with Crippen molar-refractivity contribution in [3.63, 3.8) is 0 Å². The van der Waals surface area contributed by atoms with E-state index in [4.69, 9.17) is 0 Å². The van der Waals surface area contributed by atoms with Gasteiger partial charge in [-0.3, -0.25) is 9.20 Å². The minimum Gasteiger partial charge on any atom is -0.357 e. The van der Waals surface area contributed by atoms with Gasteiger partial charge < -0.3 is 10.6 Å². The Labute approximate surface area is 189 Å². The van der Waals surface area contributed by atoms with E-state index in [1.807, 2.05) is 36.4 Å². The Morgan fingerprint density at radius 1 is 1.04 bits per heavy atom.